The molecule has 0 aliphatic carbocycles. The number of rotatable bonds is 7. The second kappa shape index (κ2) is 8.61. The molecule has 1 unspecified atom stereocenters. The Morgan fingerprint density at radius 2 is 1.61 bits per heavy atom. The smallest absolute Gasteiger partial charge is 0.307 e. The van der Waals surface area contributed by atoms with Crippen molar-refractivity contribution in [2.24, 2.45) is 0 Å². The first-order chi connectivity index (χ1) is 14.6. The lowest BCUT2D eigenvalue weighted by molar-refractivity contribution is -0.385. The summed E-state index contributed by atoms with van der Waals surface area (Å²) in [5.41, 5.74) is 1.57. The Morgan fingerprint density at radius 3 is 2.19 bits per heavy atom. The highest BCUT2D eigenvalue weighted by molar-refractivity contribution is 5.94. The molecule has 1 heterocycles. The van der Waals surface area contributed by atoms with Crippen molar-refractivity contribution < 1.29 is 19.4 Å². The van der Waals surface area contributed by atoms with E-state index in [2.05, 4.69) is 10.4 Å². The summed E-state index contributed by atoms with van der Waals surface area (Å²) in [6.45, 7) is 5.30. The number of amides is 1. The minimum absolute atomic E-state index is 0.145. The minimum Gasteiger partial charge on any atom is -0.457 e. The standard InChI is InChI=1S/C20H19N5O6/c1-12-4-13(2)6-18(5-12)31-19-8-15(7-16(9-19)24(27)28)22-20(26)14(3)23-11-17(10-21-23)25(29)30/h4-11,14H,1-3H3,(H,22,26). The predicted octanol–water partition coefficient (Wildman–Crippen LogP) is 4.31. The zero-order valence-corrected chi connectivity index (χ0v) is 16.9. The number of non-ortho nitro benzene ring substituents is 1. The molecule has 11 nitrogen and oxygen atoms in total. The molecule has 1 atom stereocenters. The van der Waals surface area contributed by atoms with E-state index >= 15 is 0 Å². The first-order valence-electron chi connectivity index (χ1n) is 9.17. The zero-order chi connectivity index (χ0) is 22.7. The lowest BCUT2D eigenvalue weighted by Gasteiger charge is -2.14. The monoisotopic (exact) mass is 425 g/mol. The summed E-state index contributed by atoms with van der Waals surface area (Å²) in [4.78, 5) is 33.5. The third-order valence-corrected chi connectivity index (χ3v) is 4.38. The average Bonchev–Trinajstić information content (AvgIpc) is 3.16. The number of anilines is 1. The Morgan fingerprint density at radius 1 is 1.00 bits per heavy atom. The summed E-state index contributed by atoms with van der Waals surface area (Å²) in [5.74, 6) is 0.125. The van der Waals surface area contributed by atoms with Crippen LogP contribution in [0.2, 0.25) is 0 Å². The highest BCUT2D eigenvalue weighted by atomic mass is 16.6. The van der Waals surface area contributed by atoms with E-state index < -0.39 is 21.8 Å². The van der Waals surface area contributed by atoms with Crippen molar-refractivity contribution in [1.29, 1.82) is 0 Å². The zero-order valence-electron chi connectivity index (χ0n) is 16.9. The first-order valence-corrected chi connectivity index (χ1v) is 9.17. The van der Waals surface area contributed by atoms with Crippen molar-refractivity contribution >= 4 is 23.0 Å². The molecule has 3 aromatic rings. The maximum Gasteiger partial charge on any atom is 0.307 e. The molecule has 11 heteroatoms. The minimum atomic E-state index is -0.892. The number of ether oxygens (including phenoxy) is 1. The predicted molar refractivity (Wildman–Crippen MR) is 111 cm³/mol. The van der Waals surface area contributed by atoms with Crippen molar-refractivity contribution in [1.82, 2.24) is 9.78 Å². The maximum absolute atomic E-state index is 12.6. The summed E-state index contributed by atoms with van der Waals surface area (Å²) in [6, 6.07) is 8.57. The first kappa shape index (κ1) is 21.4. The fourth-order valence-electron chi connectivity index (χ4n) is 2.95. The van der Waals surface area contributed by atoms with E-state index in [1.165, 1.54) is 25.1 Å². The van der Waals surface area contributed by atoms with E-state index in [9.17, 15) is 25.0 Å². The van der Waals surface area contributed by atoms with Crippen molar-refractivity contribution in [3.63, 3.8) is 0 Å². The van der Waals surface area contributed by atoms with Gasteiger partial charge in [-0.2, -0.15) is 5.10 Å². The largest absolute Gasteiger partial charge is 0.457 e. The summed E-state index contributed by atoms with van der Waals surface area (Å²) >= 11 is 0. The quantitative estimate of drug-likeness (QED) is 0.439. The van der Waals surface area contributed by atoms with Gasteiger partial charge in [0.05, 0.1) is 21.6 Å². The molecule has 1 aromatic heterocycles. The van der Waals surface area contributed by atoms with Crippen LogP contribution in [0.3, 0.4) is 0 Å². The fraction of sp³-hybridized carbons (Fsp3) is 0.200. The van der Waals surface area contributed by atoms with Crippen LogP contribution >= 0.6 is 0 Å². The molecule has 0 fully saturated rings. The van der Waals surface area contributed by atoms with E-state index in [1.807, 2.05) is 19.9 Å². The van der Waals surface area contributed by atoms with Gasteiger partial charge < -0.3 is 10.1 Å². The van der Waals surface area contributed by atoms with Gasteiger partial charge >= 0.3 is 5.69 Å². The molecule has 0 bridgehead atoms. The third kappa shape index (κ3) is 5.21. The number of aromatic nitrogens is 2. The van der Waals surface area contributed by atoms with Crippen molar-refractivity contribution in [2.45, 2.75) is 26.8 Å². The Labute approximate surface area is 176 Å². The van der Waals surface area contributed by atoms with Gasteiger partial charge in [0.15, 0.2) is 0 Å². The average molecular weight is 425 g/mol. The highest BCUT2D eigenvalue weighted by Crippen LogP contribution is 2.31. The second-order valence-electron chi connectivity index (χ2n) is 7.00. The number of aryl methyl sites for hydroxylation is 2. The van der Waals surface area contributed by atoms with Gasteiger partial charge in [-0.1, -0.05) is 6.07 Å². The number of hydrogen-bond acceptors (Lipinski definition) is 7. The molecule has 3 rings (SSSR count). The number of carbonyl (C=O) groups is 1. The Balaban J connectivity index is 1.84. The molecule has 160 valence electrons. The highest BCUT2D eigenvalue weighted by Gasteiger charge is 2.21. The van der Waals surface area contributed by atoms with Crippen LogP contribution in [-0.2, 0) is 4.79 Å². The van der Waals surface area contributed by atoms with Gasteiger partial charge in [-0.15, -0.1) is 0 Å². The third-order valence-electron chi connectivity index (χ3n) is 4.38. The lowest BCUT2D eigenvalue weighted by Crippen LogP contribution is -2.24. The summed E-state index contributed by atoms with van der Waals surface area (Å²) in [5, 5.41) is 28.5. The molecule has 0 radical (unpaired) electrons. The summed E-state index contributed by atoms with van der Waals surface area (Å²) < 4.78 is 6.92. The van der Waals surface area contributed by atoms with E-state index in [-0.39, 0.29) is 22.8 Å². The second-order valence-corrected chi connectivity index (χ2v) is 7.00. The Bertz CT molecular complexity index is 1150. The molecule has 0 spiro atoms. The SMILES string of the molecule is Cc1cc(C)cc(Oc2cc(NC(=O)C(C)n3cc([N+](=O)[O-])cn3)cc([N+](=O)[O-])c2)c1. The fourth-order valence-corrected chi connectivity index (χ4v) is 2.95. The normalized spacial score (nSPS) is 11.6. The summed E-state index contributed by atoms with van der Waals surface area (Å²) in [6.07, 6.45) is 2.17. The van der Waals surface area contributed by atoms with Gasteiger partial charge in [0.1, 0.15) is 29.9 Å². The van der Waals surface area contributed by atoms with Gasteiger partial charge in [0.25, 0.3) is 5.69 Å². The number of carbonyl (C=O) groups excluding carboxylic acids is 1. The molecule has 1 N–H and O–H groups in total. The van der Waals surface area contributed by atoms with Crippen LogP contribution in [0.1, 0.15) is 24.1 Å². The molecule has 2 aromatic carbocycles. The molecular weight excluding hydrogens is 406 g/mol. The van der Waals surface area contributed by atoms with E-state index in [4.69, 9.17) is 4.74 Å². The van der Waals surface area contributed by atoms with E-state index in [0.29, 0.717) is 5.75 Å². The molecule has 1 amide bonds. The van der Waals surface area contributed by atoms with Gasteiger partial charge in [0, 0.05) is 12.1 Å². The van der Waals surface area contributed by atoms with Crippen LogP contribution < -0.4 is 10.1 Å². The lowest BCUT2D eigenvalue weighted by atomic mass is 10.1. The number of nitrogens with one attached hydrogen (secondary N) is 1. The van der Waals surface area contributed by atoms with Crippen LogP contribution in [0, 0.1) is 34.1 Å². The molecule has 0 aliphatic rings. The van der Waals surface area contributed by atoms with E-state index in [1.54, 1.807) is 12.1 Å². The maximum atomic E-state index is 12.6. The van der Waals surface area contributed by atoms with Gasteiger partial charge in [0.2, 0.25) is 5.91 Å². The number of hydrogen-bond donors (Lipinski definition) is 1. The van der Waals surface area contributed by atoms with Crippen LogP contribution in [0.15, 0.2) is 48.8 Å². The van der Waals surface area contributed by atoms with Crippen LogP contribution in [0.5, 0.6) is 11.5 Å². The number of nitrogens with zero attached hydrogens (tertiary/aromatic N) is 4. The molecule has 0 saturated heterocycles. The molecular formula is C20H19N5O6. The van der Waals surface area contributed by atoms with Gasteiger partial charge in [-0.05, 0) is 44.0 Å². The van der Waals surface area contributed by atoms with Crippen molar-refractivity contribution in [2.75, 3.05) is 5.32 Å². The number of benzene rings is 2. The van der Waals surface area contributed by atoms with Crippen LogP contribution in [-0.4, -0.2) is 25.5 Å². The topological polar surface area (TPSA) is 142 Å². The van der Waals surface area contributed by atoms with Gasteiger partial charge in [-0.3, -0.25) is 29.7 Å². The number of nitro benzene ring substituents is 1. The van der Waals surface area contributed by atoms with Gasteiger partial charge in [-0.25, -0.2) is 0 Å². The Hall–Kier alpha value is -4.28. The summed E-state index contributed by atoms with van der Waals surface area (Å²) in [7, 11) is 0. The van der Waals surface area contributed by atoms with Crippen molar-refractivity contribution in [3.8, 4) is 11.5 Å². The van der Waals surface area contributed by atoms with Crippen molar-refractivity contribution in [3.05, 3.63) is 80.1 Å². The van der Waals surface area contributed by atoms with Crippen LogP contribution in [0.25, 0.3) is 0 Å². The van der Waals surface area contributed by atoms with Crippen LogP contribution in [0.4, 0.5) is 17.1 Å². The van der Waals surface area contributed by atoms with E-state index in [0.717, 1.165) is 28.2 Å². The Kier molecular flexibility index (Phi) is 5.95. The molecule has 31 heavy (non-hydrogen) atoms. The molecule has 0 saturated carbocycles. The number of nitro groups is 2. The molecule has 0 aliphatic heterocycles.